The van der Waals surface area contributed by atoms with Gasteiger partial charge < -0.3 is 24.2 Å². The van der Waals surface area contributed by atoms with Crippen LogP contribution < -0.4 is 9.47 Å². The summed E-state index contributed by atoms with van der Waals surface area (Å²) in [6.45, 7) is 2.63. The highest BCUT2D eigenvalue weighted by atomic mass is 16.5. The van der Waals surface area contributed by atoms with E-state index in [4.69, 9.17) is 14.2 Å². The van der Waals surface area contributed by atoms with Crippen LogP contribution in [0.25, 0.3) is 0 Å². The number of ether oxygens (including phenoxy) is 3. The summed E-state index contributed by atoms with van der Waals surface area (Å²) in [7, 11) is 3.14. The van der Waals surface area contributed by atoms with Gasteiger partial charge in [0, 0.05) is 13.0 Å². The molecule has 0 saturated carbocycles. The quantitative estimate of drug-likeness (QED) is 0.890. The summed E-state index contributed by atoms with van der Waals surface area (Å²) >= 11 is 0. The molecule has 0 bridgehead atoms. The van der Waals surface area contributed by atoms with Gasteiger partial charge in [-0.05, 0) is 17.7 Å². The fourth-order valence-electron chi connectivity index (χ4n) is 2.80. The molecule has 1 aromatic rings. The Morgan fingerprint density at radius 1 is 1.36 bits per heavy atom. The largest absolute Gasteiger partial charge is 0.493 e. The Morgan fingerprint density at radius 3 is 2.68 bits per heavy atom. The van der Waals surface area contributed by atoms with E-state index in [1.807, 2.05) is 19.1 Å². The van der Waals surface area contributed by atoms with Gasteiger partial charge in [-0.25, -0.2) is 0 Å². The number of carbonyl (C=O) groups excluding carboxylic acids is 1. The van der Waals surface area contributed by atoms with Crippen LogP contribution in [0.15, 0.2) is 18.2 Å². The minimum Gasteiger partial charge on any atom is -0.493 e. The number of benzene rings is 1. The van der Waals surface area contributed by atoms with Gasteiger partial charge in [0.2, 0.25) is 5.91 Å². The average molecular weight is 309 g/mol. The monoisotopic (exact) mass is 309 g/mol. The lowest BCUT2D eigenvalue weighted by atomic mass is 9.97. The van der Waals surface area contributed by atoms with Gasteiger partial charge in [0.05, 0.1) is 33.5 Å². The lowest BCUT2D eigenvalue weighted by Gasteiger charge is -2.41. The van der Waals surface area contributed by atoms with Crippen LogP contribution in [0.4, 0.5) is 0 Å². The van der Waals surface area contributed by atoms with Crippen LogP contribution >= 0.6 is 0 Å². The molecule has 0 aromatic heterocycles. The summed E-state index contributed by atoms with van der Waals surface area (Å²) in [5, 5.41) is 9.60. The number of nitrogens with zero attached hydrogens (tertiary/aromatic N) is 1. The molecule has 1 aliphatic rings. The normalized spacial score (nSPS) is 21.5. The SMILES string of the molecule is CCC(=O)N1CCOC(CO)C1c1ccc(OC)c(OC)c1. The van der Waals surface area contributed by atoms with Crippen molar-refractivity contribution < 1.29 is 24.1 Å². The molecule has 1 N–H and O–H groups in total. The Balaban J connectivity index is 2.41. The van der Waals surface area contributed by atoms with Crippen molar-refractivity contribution in [1.82, 2.24) is 4.90 Å². The second-order valence-corrected chi connectivity index (χ2v) is 5.09. The van der Waals surface area contributed by atoms with Gasteiger partial charge in [0.1, 0.15) is 6.10 Å². The molecule has 0 aliphatic carbocycles. The number of hydrogen-bond acceptors (Lipinski definition) is 5. The predicted octanol–water partition coefficient (Wildman–Crippen LogP) is 1.37. The standard InChI is InChI=1S/C16H23NO5/c1-4-15(19)17-7-8-22-14(10-18)16(17)11-5-6-12(20-2)13(9-11)21-3/h5-6,9,14,16,18H,4,7-8,10H2,1-3H3. The summed E-state index contributed by atoms with van der Waals surface area (Å²) in [6, 6.07) is 5.17. The molecular weight excluding hydrogens is 286 g/mol. The van der Waals surface area contributed by atoms with Crippen molar-refractivity contribution in [2.24, 2.45) is 0 Å². The molecule has 2 rings (SSSR count). The lowest BCUT2D eigenvalue weighted by molar-refractivity contribution is -0.149. The molecule has 122 valence electrons. The predicted molar refractivity (Wildman–Crippen MR) is 81.1 cm³/mol. The molecule has 1 amide bonds. The van der Waals surface area contributed by atoms with Crippen LogP contribution in [-0.2, 0) is 9.53 Å². The first-order valence-corrected chi connectivity index (χ1v) is 7.40. The smallest absolute Gasteiger partial charge is 0.222 e. The molecule has 1 aromatic carbocycles. The van der Waals surface area contributed by atoms with Crippen LogP contribution in [0.3, 0.4) is 0 Å². The van der Waals surface area contributed by atoms with Crippen molar-refractivity contribution in [3.63, 3.8) is 0 Å². The van der Waals surface area contributed by atoms with E-state index in [0.29, 0.717) is 31.1 Å². The van der Waals surface area contributed by atoms with Crippen molar-refractivity contribution in [2.45, 2.75) is 25.5 Å². The third kappa shape index (κ3) is 3.18. The molecule has 0 radical (unpaired) electrons. The topological polar surface area (TPSA) is 68.2 Å². The third-order valence-electron chi connectivity index (χ3n) is 3.90. The molecule has 1 aliphatic heterocycles. The Hall–Kier alpha value is -1.79. The van der Waals surface area contributed by atoms with Crippen molar-refractivity contribution in [3.05, 3.63) is 23.8 Å². The van der Waals surface area contributed by atoms with Crippen molar-refractivity contribution in [3.8, 4) is 11.5 Å². The zero-order valence-electron chi connectivity index (χ0n) is 13.2. The Kier molecular flexibility index (Phi) is 5.63. The number of carbonyl (C=O) groups is 1. The molecule has 2 unspecified atom stereocenters. The molecule has 1 saturated heterocycles. The molecule has 6 heteroatoms. The zero-order valence-corrected chi connectivity index (χ0v) is 13.2. The van der Waals surface area contributed by atoms with Crippen LogP contribution in [0, 0.1) is 0 Å². The van der Waals surface area contributed by atoms with Crippen LogP contribution in [0.1, 0.15) is 24.9 Å². The molecule has 2 atom stereocenters. The van der Waals surface area contributed by atoms with Gasteiger partial charge in [-0.1, -0.05) is 13.0 Å². The second kappa shape index (κ2) is 7.47. The number of methoxy groups -OCH3 is 2. The van der Waals surface area contributed by atoms with E-state index >= 15 is 0 Å². The summed E-state index contributed by atoms with van der Waals surface area (Å²) in [6.07, 6.45) is -0.0237. The van der Waals surface area contributed by atoms with E-state index in [-0.39, 0.29) is 18.6 Å². The molecule has 0 spiro atoms. The maximum absolute atomic E-state index is 12.2. The minimum atomic E-state index is -0.442. The zero-order chi connectivity index (χ0) is 16.1. The minimum absolute atomic E-state index is 0.0431. The van der Waals surface area contributed by atoms with Crippen molar-refractivity contribution in [2.75, 3.05) is 34.0 Å². The van der Waals surface area contributed by atoms with E-state index < -0.39 is 6.10 Å². The number of rotatable bonds is 5. The van der Waals surface area contributed by atoms with Crippen LogP contribution in [-0.4, -0.2) is 56.0 Å². The van der Waals surface area contributed by atoms with E-state index in [0.717, 1.165) is 5.56 Å². The Labute approximate surface area is 130 Å². The number of aliphatic hydroxyl groups excluding tert-OH is 1. The first-order valence-electron chi connectivity index (χ1n) is 7.40. The highest BCUT2D eigenvalue weighted by Gasteiger charge is 2.35. The molecule has 1 heterocycles. The highest BCUT2D eigenvalue weighted by molar-refractivity contribution is 5.76. The lowest BCUT2D eigenvalue weighted by Crippen LogP contribution is -2.49. The second-order valence-electron chi connectivity index (χ2n) is 5.09. The van der Waals surface area contributed by atoms with E-state index in [1.165, 1.54) is 0 Å². The van der Waals surface area contributed by atoms with Gasteiger partial charge in [-0.15, -0.1) is 0 Å². The maximum atomic E-state index is 12.2. The van der Waals surface area contributed by atoms with E-state index in [1.54, 1.807) is 25.2 Å². The van der Waals surface area contributed by atoms with Gasteiger partial charge in [-0.3, -0.25) is 4.79 Å². The summed E-state index contributed by atoms with van der Waals surface area (Å²) in [5.41, 5.74) is 0.859. The molecule has 6 nitrogen and oxygen atoms in total. The molecule has 1 fully saturated rings. The summed E-state index contributed by atoms with van der Waals surface area (Å²) in [4.78, 5) is 14.0. The van der Waals surface area contributed by atoms with Crippen LogP contribution in [0.2, 0.25) is 0 Å². The van der Waals surface area contributed by atoms with Gasteiger partial charge >= 0.3 is 0 Å². The summed E-state index contributed by atoms with van der Waals surface area (Å²) < 4.78 is 16.2. The number of hydrogen-bond donors (Lipinski definition) is 1. The number of amides is 1. The van der Waals surface area contributed by atoms with Gasteiger partial charge in [0.15, 0.2) is 11.5 Å². The molecular formula is C16H23NO5. The van der Waals surface area contributed by atoms with Crippen molar-refractivity contribution >= 4 is 5.91 Å². The first kappa shape index (κ1) is 16.6. The fraction of sp³-hybridized carbons (Fsp3) is 0.562. The molecule has 22 heavy (non-hydrogen) atoms. The number of aliphatic hydroxyl groups is 1. The van der Waals surface area contributed by atoms with Gasteiger partial charge in [0.25, 0.3) is 0 Å². The van der Waals surface area contributed by atoms with Crippen molar-refractivity contribution in [1.29, 1.82) is 0 Å². The van der Waals surface area contributed by atoms with Crippen LogP contribution in [0.5, 0.6) is 11.5 Å². The number of morpholine rings is 1. The van der Waals surface area contributed by atoms with E-state index in [2.05, 4.69) is 0 Å². The Bertz CT molecular complexity index is 519. The first-order chi connectivity index (χ1) is 10.7. The van der Waals surface area contributed by atoms with E-state index in [9.17, 15) is 9.90 Å². The highest BCUT2D eigenvalue weighted by Crippen LogP contribution is 2.35. The average Bonchev–Trinajstić information content (AvgIpc) is 2.59. The third-order valence-corrected chi connectivity index (χ3v) is 3.90. The Morgan fingerprint density at radius 2 is 2.09 bits per heavy atom. The fourth-order valence-corrected chi connectivity index (χ4v) is 2.80. The van der Waals surface area contributed by atoms with Gasteiger partial charge in [-0.2, -0.15) is 0 Å². The summed E-state index contributed by atoms with van der Waals surface area (Å²) in [5.74, 6) is 1.25. The maximum Gasteiger partial charge on any atom is 0.222 e.